The highest BCUT2D eigenvalue weighted by Gasteiger charge is 2.18. The Hall–Kier alpha value is -1.44. The van der Waals surface area contributed by atoms with E-state index >= 15 is 0 Å². The molecule has 0 N–H and O–H groups in total. The SMILES string of the molecule is CCn1ncc(C#N)c1C(F)F. The number of aromatic nitrogens is 2. The van der Waals surface area contributed by atoms with Crippen LogP contribution in [0.2, 0.25) is 0 Å². The number of aryl methyl sites for hydroxylation is 1. The fraction of sp³-hybridized carbons (Fsp3) is 0.429. The van der Waals surface area contributed by atoms with Crippen LogP contribution >= 0.6 is 0 Å². The molecule has 1 aromatic rings. The molecule has 1 heterocycles. The number of hydrogen-bond donors (Lipinski definition) is 0. The molecule has 0 saturated heterocycles. The van der Waals surface area contributed by atoms with Crippen molar-refractivity contribution in [1.82, 2.24) is 9.78 Å². The highest BCUT2D eigenvalue weighted by molar-refractivity contribution is 5.31. The van der Waals surface area contributed by atoms with Gasteiger partial charge in [-0.2, -0.15) is 10.4 Å². The van der Waals surface area contributed by atoms with E-state index in [0.29, 0.717) is 6.54 Å². The summed E-state index contributed by atoms with van der Waals surface area (Å²) in [5, 5.41) is 12.1. The zero-order valence-electron chi connectivity index (χ0n) is 6.46. The normalized spacial score (nSPS) is 10.2. The Bertz CT molecular complexity index is 311. The number of halogens is 2. The van der Waals surface area contributed by atoms with Crippen LogP contribution < -0.4 is 0 Å². The summed E-state index contributed by atoms with van der Waals surface area (Å²) < 4.78 is 25.7. The summed E-state index contributed by atoms with van der Waals surface area (Å²) in [6.45, 7) is 2.04. The van der Waals surface area contributed by atoms with E-state index in [-0.39, 0.29) is 11.3 Å². The van der Waals surface area contributed by atoms with Gasteiger partial charge in [-0.15, -0.1) is 0 Å². The number of alkyl halides is 2. The van der Waals surface area contributed by atoms with Gasteiger partial charge in [0.1, 0.15) is 11.8 Å². The first kappa shape index (κ1) is 8.65. The van der Waals surface area contributed by atoms with E-state index in [1.165, 1.54) is 0 Å². The second-order valence-electron chi connectivity index (χ2n) is 2.17. The predicted molar refractivity (Wildman–Crippen MR) is 37.6 cm³/mol. The molecular formula is C7H7F2N3. The smallest absolute Gasteiger partial charge is 0.263 e. The molecule has 0 aliphatic carbocycles. The molecule has 0 aliphatic heterocycles. The van der Waals surface area contributed by atoms with Crippen LogP contribution in [0.25, 0.3) is 0 Å². The quantitative estimate of drug-likeness (QED) is 0.679. The molecule has 0 radical (unpaired) electrons. The first-order chi connectivity index (χ1) is 5.70. The second-order valence-corrected chi connectivity index (χ2v) is 2.17. The summed E-state index contributed by atoms with van der Waals surface area (Å²) in [6, 6.07) is 1.67. The molecule has 0 bridgehead atoms. The Morgan fingerprint density at radius 3 is 2.83 bits per heavy atom. The number of rotatable bonds is 2. The van der Waals surface area contributed by atoms with E-state index in [9.17, 15) is 8.78 Å². The Morgan fingerprint density at radius 1 is 1.75 bits per heavy atom. The molecule has 0 aromatic carbocycles. The molecule has 0 spiro atoms. The molecule has 0 aliphatic rings. The third-order valence-electron chi connectivity index (χ3n) is 1.51. The van der Waals surface area contributed by atoms with E-state index in [2.05, 4.69) is 5.10 Å². The van der Waals surface area contributed by atoms with Crippen LogP contribution in [0, 0.1) is 11.3 Å². The van der Waals surface area contributed by atoms with Crippen molar-refractivity contribution in [3.63, 3.8) is 0 Å². The van der Waals surface area contributed by atoms with Crippen molar-refractivity contribution in [2.45, 2.75) is 19.9 Å². The van der Waals surface area contributed by atoms with Crippen LogP contribution in [0.4, 0.5) is 8.78 Å². The van der Waals surface area contributed by atoms with Crippen LogP contribution in [0.5, 0.6) is 0 Å². The summed E-state index contributed by atoms with van der Waals surface area (Å²) in [6.07, 6.45) is -1.48. The van der Waals surface area contributed by atoms with Crippen LogP contribution in [0.1, 0.15) is 24.6 Å². The van der Waals surface area contributed by atoms with Crippen molar-refractivity contribution in [2.75, 3.05) is 0 Å². The average molecular weight is 171 g/mol. The molecule has 3 nitrogen and oxygen atoms in total. The fourth-order valence-electron chi connectivity index (χ4n) is 0.963. The lowest BCUT2D eigenvalue weighted by molar-refractivity contribution is 0.139. The lowest BCUT2D eigenvalue weighted by Gasteiger charge is -2.02. The average Bonchev–Trinajstić information content (AvgIpc) is 2.46. The van der Waals surface area contributed by atoms with Crippen LogP contribution in [0.15, 0.2) is 6.20 Å². The third-order valence-corrected chi connectivity index (χ3v) is 1.51. The van der Waals surface area contributed by atoms with Gasteiger partial charge in [-0.05, 0) is 6.92 Å². The Balaban J connectivity index is 3.19. The van der Waals surface area contributed by atoms with Gasteiger partial charge in [0.05, 0.1) is 11.8 Å². The van der Waals surface area contributed by atoms with Crippen LogP contribution in [-0.4, -0.2) is 9.78 Å². The second kappa shape index (κ2) is 3.30. The maximum atomic E-state index is 12.3. The van der Waals surface area contributed by atoms with Gasteiger partial charge in [-0.3, -0.25) is 4.68 Å². The highest BCUT2D eigenvalue weighted by Crippen LogP contribution is 2.21. The summed E-state index contributed by atoms with van der Waals surface area (Å²) in [5.74, 6) is 0. The predicted octanol–water partition coefficient (Wildman–Crippen LogP) is 1.71. The van der Waals surface area contributed by atoms with E-state index in [4.69, 9.17) is 5.26 Å². The summed E-state index contributed by atoms with van der Waals surface area (Å²) >= 11 is 0. The molecule has 1 aromatic heterocycles. The number of nitriles is 1. The first-order valence-corrected chi connectivity index (χ1v) is 3.44. The molecule has 0 unspecified atom stereocenters. The molecule has 0 saturated carbocycles. The van der Waals surface area contributed by atoms with Gasteiger partial charge in [0, 0.05) is 6.54 Å². The lowest BCUT2D eigenvalue weighted by Crippen LogP contribution is -2.03. The summed E-state index contributed by atoms with van der Waals surface area (Å²) in [5.41, 5.74) is -0.341. The summed E-state index contributed by atoms with van der Waals surface area (Å²) in [4.78, 5) is 0. The van der Waals surface area contributed by atoms with Gasteiger partial charge in [-0.25, -0.2) is 8.78 Å². The van der Waals surface area contributed by atoms with Crippen molar-refractivity contribution in [3.05, 3.63) is 17.5 Å². The van der Waals surface area contributed by atoms with Gasteiger partial charge < -0.3 is 0 Å². The molecule has 64 valence electrons. The molecule has 0 fully saturated rings. The monoisotopic (exact) mass is 171 g/mol. The zero-order chi connectivity index (χ0) is 9.14. The maximum absolute atomic E-state index is 12.3. The van der Waals surface area contributed by atoms with Crippen molar-refractivity contribution in [1.29, 1.82) is 5.26 Å². The minimum Gasteiger partial charge on any atom is -0.263 e. The molecule has 1 rings (SSSR count). The van der Waals surface area contributed by atoms with E-state index in [0.717, 1.165) is 10.9 Å². The Labute approximate surface area is 68.2 Å². The Kier molecular flexibility index (Phi) is 2.38. The van der Waals surface area contributed by atoms with Gasteiger partial charge in [-0.1, -0.05) is 0 Å². The van der Waals surface area contributed by atoms with Crippen molar-refractivity contribution >= 4 is 0 Å². The largest absolute Gasteiger partial charge is 0.281 e. The summed E-state index contributed by atoms with van der Waals surface area (Å²) in [7, 11) is 0. The van der Waals surface area contributed by atoms with Gasteiger partial charge in [0.15, 0.2) is 0 Å². The van der Waals surface area contributed by atoms with E-state index in [1.807, 2.05) is 0 Å². The Morgan fingerprint density at radius 2 is 2.42 bits per heavy atom. The fourth-order valence-corrected chi connectivity index (χ4v) is 0.963. The molecule has 12 heavy (non-hydrogen) atoms. The standard InChI is InChI=1S/C7H7F2N3/c1-2-12-6(7(8)9)5(3-10)4-11-12/h4,7H,2H2,1H3. The highest BCUT2D eigenvalue weighted by atomic mass is 19.3. The van der Waals surface area contributed by atoms with E-state index < -0.39 is 6.43 Å². The maximum Gasteiger partial charge on any atom is 0.281 e. The minimum atomic E-state index is -2.64. The van der Waals surface area contributed by atoms with Crippen molar-refractivity contribution in [3.8, 4) is 6.07 Å². The molecule has 0 amide bonds. The van der Waals surface area contributed by atoms with Crippen LogP contribution in [0.3, 0.4) is 0 Å². The molecule has 0 atom stereocenters. The van der Waals surface area contributed by atoms with Crippen molar-refractivity contribution < 1.29 is 8.78 Å². The van der Waals surface area contributed by atoms with Gasteiger partial charge in [0.25, 0.3) is 6.43 Å². The lowest BCUT2D eigenvalue weighted by atomic mass is 10.3. The molecular weight excluding hydrogens is 164 g/mol. The van der Waals surface area contributed by atoms with Gasteiger partial charge in [0.2, 0.25) is 0 Å². The van der Waals surface area contributed by atoms with E-state index in [1.54, 1.807) is 13.0 Å². The number of nitrogens with zero attached hydrogens (tertiary/aromatic N) is 3. The van der Waals surface area contributed by atoms with Crippen LogP contribution in [-0.2, 0) is 6.54 Å². The van der Waals surface area contributed by atoms with Gasteiger partial charge >= 0.3 is 0 Å². The third kappa shape index (κ3) is 1.28. The molecule has 5 heteroatoms. The van der Waals surface area contributed by atoms with Crippen molar-refractivity contribution in [2.24, 2.45) is 0 Å². The first-order valence-electron chi connectivity index (χ1n) is 3.44. The zero-order valence-corrected chi connectivity index (χ0v) is 6.46. The topological polar surface area (TPSA) is 41.6 Å². The minimum absolute atomic E-state index is 0.0492. The number of hydrogen-bond acceptors (Lipinski definition) is 2.